The fourth-order valence-electron chi connectivity index (χ4n) is 1.37. The van der Waals surface area contributed by atoms with Gasteiger partial charge in [-0.15, -0.1) is 0 Å². The highest BCUT2D eigenvalue weighted by Crippen LogP contribution is 2.08. The predicted molar refractivity (Wildman–Crippen MR) is 67.2 cm³/mol. The normalized spacial score (nSPS) is 12.5. The van der Waals surface area contributed by atoms with Crippen LogP contribution in [0.3, 0.4) is 0 Å². The molecule has 0 aliphatic rings. The van der Waals surface area contributed by atoms with Gasteiger partial charge in [0.25, 0.3) is 5.91 Å². The van der Waals surface area contributed by atoms with E-state index in [1.165, 1.54) is 14.2 Å². The second kappa shape index (κ2) is 8.08. The molecule has 0 unspecified atom stereocenters. The highest BCUT2D eigenvalue weighted by Gasteiger charge is 2.21. The van der Waals surface area contributed by atoms with E-state index in [0.29, 0.717) is 19.0 Å². The summed E-state index contributed by atoms with van der Waals surface area (Å²) in [6.07, 6.45) is 0.549. The maximum absolute atomic E-state index is 11.9. The monoisotopic (exact) mass is 244 g/mol. The number of ether oxygens (including phenoxy) is 2. The number of carbonyl (C=O) groups excluding carboxylic acids is 1. The molecular weight excluding hydrogens is 220 g/mol. The first kappa shape index (κ1) is 15.9. The molecule has 100 valence electrons. The van der Waals surface area contributed by atoms with E-state index < -0.39 is 6.29 Å². The van der Waals surface area contributed by atoms with Crippen LogP contribution in [-0.4, -0.2) is 44.4 Å². The van der Waals surface area contributed by atoms with Crippen LogP contribution in [0.4, 0.5) is 0 Å². The van der Waals surface area contributed by atoms with Crippen LogP contribution in [0.1, 0.15) is 20.3 Å². The molecule has 1 atom stereocenters. The van der Waals surface area contributed by atoms with Crippen molar-refractivity contribution in [2.24, 2.45) is 11.7 Å². The summed E-state index contributed by atoms with van der Waals surface area (Å²) in [5, 5.41) is 0. The van der Waals surface area contributed by atoms with E-state index in [9.17, 15) is 4.79 Å². The molecule has 5 nitrogen and oxygen atoms in total. The summed E-state index contributed by atoms with van der Waals surface area (Å²) in [6.45, 7) is 8.60. The van der Waals surface area contributed by atoms with E-state index in [0.717, 1.165) is 6.42 Å². The maximum Gasteiger partial charge on any atom is 0.269 e. The van der Waals surface area contributed by atoms with Gasteiger partial charge < -0.3 is 20.1 Å². The summed E-state index contributed by atoms with van der Waals surface area (Å²) in [4.78, 5) is 13.5. The van der Waals surface area contributed by atoms with Crippen LogP contribution in [-0.2, 0) is 14.3 Å². The molecule has 0 bridgehead atoms. The smallest absolute Gasteiger partial charge is 0.269 e. The van der Waals surface area contributed by atoms with Gasteiger partial charge >= 0.3 is 0 Å². The molecule has 0 heterocycles. The lowest BCUT2D eigenvalue weighted by atomic mass is 10.1. The van der Waals surface area contributed by atoms with E-state index in [1.54, 1.807) is 4.90 Å². The fraction of sp³-hybridized carbons (Fsp3) is 0.750. The standard InChI is InChI=1S/C12H24N2O3/c1-6-9(2)7-14(12(15)10(3)13)8-11(16-4)17-5/h9,11H,3,6-8,13H2,1-2,4-5H3/t9-/m0/s1. The van der Waals surface area contributed by atoms with E-state index in [1.807, 2.05) is 0 Å². The van der Waals surface area contributed by atoms with E-state index in [2.05, 4.69) is 20.4 Å². The molecule has 0 fully saturated rings. The Kier molecular flexibility index (Phi) is 7.58. The third-order valence-electron chi connectivity index (χ3n) is 2.69. The average molecular weight is 244 g/mol. The molecule has 5 heteroatoms. The first-order valence-corrected chi connectivity index (χ1v) is 5.75. The van der Waals surface area contributed by atoms with Crippen molar-refractivity contribution >= 4 is 5.91 Å². The summed E-state index contributed by atoms with van der Waals surface area (Å²) >= 11 is 0. The minimum atomic E-state index is -0.442. The van der Waals surface area contributed by atoms with Gasteiger partial charge in [-0.2, -0.15) is 0 Å². The summed E-state index contributed by atoms with van der Waals surface area (Å²) in [7, 11) is 3.08. The SMILES string of the molecule is C=C(N)C(=O)N(CC(OC)OC)C[C@@H](C)CC. The van der Waals surface area contributed by atoms with Crippen LogP contribution in [0.5, 0.6) is 0 Å². The van der Waals surface area contributed by atoms with E-state index in [-0.39, 0.29) is 11.6 Å². The summed E-state index contributed by atoms with van der Waals surface area (Å²) in [5.41, 5.74) is 5.49. The Bertz CT molecular complexity index is 252. The minimum Gasteiger partial charge on any atom is -0.395 e. The Balaban J connectivity index is 4.60. The largest absolute Gasteiger partial charge is 0.395 e. The molecule has 0 rings (SSSR count). The Labute approximate surface area is 104 Å². The number of hydrogen-bond donors (Lipinski definition) is 1. The van der Waals surface area contributed by atoms with Crippen molar-refractivity contribution in [3.05, 3.63) is 12.3 Å². The van der Waals surface area contributed by atoms with Gasteiger partial charge in [0.05, 0.1) is 12.2 Å². The van der Waals surface area contributed by atoms with Crippen molar-refractivity contribution in [3.8, 4) is 0 Å². The van der Waals surface area contributed by atoms with Gasteiger partial charge in [-0.25, -0.2) is 0 Å². The third kappa shape index (κ3) is 5.70. The zero-order valence-corrected chi connectivity index (χ0v) is 11.2. The summed E-state index contributed by atoms with van der Waals surface area (Å²) < 4.78 is 10.2. The van der Waals surface area contributed by atoms with Gasteiger partial charge in [-0.3, -0.25) is 4.79 Å². The van der Waals surface area contributed by atoms with Gasteiger partial charge in [0, 0.05) is 20.8 Å². The van der Waals surface area contributed by atoms with Crippen molar-refractivity contribution in [2.45, 2.75) is 26.6 Å². The first-order chi connectivity index (χ1) is 7.96. The summed E-state index contributed by atoms with van der Waals surface area (Å²) in [5.74, 6) is 0.136. The highest BCUT2D eigenvalue weighted by atomic mass is 16.7. The Morgan fingerprint density at radius 3 is 2.24 bits per heavy atom. The van der Waals surface area contributed by atoms with E-state index >= 15 is 0 Å². The quantitative estimate of drug-likeness (QED) is 0.510. The Morgan fingerprint density at radius 2 is 1.88 bits per heavy atom. The van der Waals surface area contributed by atoms with Gasteiger partial charge in [0.15, 0.2) is 6.29 Å². The lowest BCUT2D eigenvalue weighted by Gasteiger charge is -2.28. The van der Waals surface area contributed by atoms with Crippen LogP contribution < -0.4 is 5.73 Å². The van der Waals surface area contributed by atoms with Gasteiger partial charge in [0.1, 0.15) is 0 Å². The lowest BCUT2D eigenvalue weighted by molar-refractivity contribution is -0.143. The van der Waals surface area contributed by atoms with Crippen molar-refractivity contribution in [2.75, 3.05) is 27.3 Å². The number of carbonyl (C=O) groups is 1. The predicted octanol–water partition coefficient (Wildman–Crippen LogP) is 0.952. The van der Waals surface area contributed by atoms with Crippen molar-refractivity contribution < 1.29 is 14.3 Å². The number of nitrogens with two attached hydrogens (primary N) is 1. The number of nitrogens with zero attached hydrogens (tertiary/aromatic N) is 1. The molecular formula is C12H24N2O3. The molecule has 0 aliphatic carbocycles. The molecule has 2 N–H and O–H groups in total. The summed E-state index contributed by atoms with van der Waals surface area (Å²) in [6, 6.07) is 0. The van der Waals surface area contributed by atoms with Crippen LogP contribution in [0.25, 0.3) is 0 Å². The molecule has 0 radical (unpaired) electrons. The Hall–Kier alpha value is -1.07. The van der Waals surface area contributed by atoms with Crippen LogP contribution >= 0.6 is 0 Å². The maximum atomic E-state index is 11.9. The molecule has 0 aromatic carbocycles. The number of rotatable bonds is 8. The van der Waals surface area contributed by atoms with Crippen LogP contribution in [0.2, 0.25) is 0 Å². The fourth-order valence-corrected chi connectivity index (χ4v) is 1.37. The van der Waals surface area contributed by atoms with Crippen LogP contribution in [0, 0.1) is 5.92 Å². The van der Waals surface area contributed by atoms with Gasteiger partial charge in [-0.1, -0.05) is 26.8 Å². The third-order valence-corrected chi connectivity index (χ3v) is 2.69. The lowest BCUT2D eigenvalue weighted by Crippen LogP contribution is -2.43. The van der Waals surface area contributed by atoms with E-state index in [4.69, 9.17) is 15.2 Å². The molecule has 0 aromatic heterocycles. The average Bonchev–Trinajstić information content (AvgIpc) is 2.32. The number of hydrogen-bond acceptors (Lipinski definition) is 4. The van der Waals surface area contributed by atoms with Gasteiger partial charge in [0.2, 0.25) is 0 Å². The van der Waals surface area contributed by atoms with Crippen molar-refractivity contribution in [1.82, 2.24) is 4.90 Å². The molecule has 0 saturated heterocycles. The molecule has 0 saturated carbocycles. The first-order valence-electron chi connectivity index (χ1n) is 5.75. The zero-order valence-electron chi connectivity index (χ0n) is 11.2. The second-order valence-electron chi connectivity index (χ2n) is 4.15. The Morgan fingerprint density at radius 1 is 1.35 bits per heavy atom. The molecule has 0 spiro atoms. The molecule has 17 heavy (non-hydrogen) atoms. The molecule has 1 amide bonds. The zero-order chi connectivity index (χ0) is 13.4. The topological polar surface area (TPSA) is 64.8 Å². The molecule has 0 aliphatic heterocycles. The van der Waals surface area contributed by atoms with Crippen molar-refractivity contribution in [1.29, 1.82) is 0 Å². The van der Waals surface area contributed by atoms with Gasteiger partial charge in [-0.05, 0) is 5.92 Å². The number of amides is 1. The van der Waals surface area contributed by atoms with Crippen molar-refractivity contribution in [3.63, 3.8) is 0 Å². The molecule has 0 aromatic rings. The minimum absolute atomic E-state index is 0.0410. The van der Waals surface area contributed by atoms with Crippen LogP contribution in [0.15, 0.2) is 12.3 Å². The number of methoxy groups -OCH3 is 2. The second-order valence-corrected chi connectivity index (χ2v) is 4.15. The highest BCUT2D eigenvalue weighted by molar-refractivity contribution is 5.91.